The van der Waals surface area contributed by atoms with E-state index in [1.807, 2.05) is 37.3 Å². The Hall–Kier alpha value is -3.64. The number of methoxy groups -OCH3 is 1. The maximum Gasteiger partial charge on any atom is 0.255 e. The Morgan fingerprint density at radius 2 is 1.43 bits per heavy atom. The Morgan fingerprint density at radius 3 is 2.07 bits per heavy atom. The minimum atomic E-state index is -0.226. The molecule has 3 rings (SSSR count). The van der Waals surface area contributed by atoms with Gasteiger partial charge in [0.15, 0.2) is 0 Å². The van der Waals surface area contributed by atoms with E-state index in [0.29, 0.717) is 16.9 Å². The molecule has 0 aliphatic heterocycles. The maximum atomic E-state index is 12.4. The maximum absolute atomic E-state index is 12.4. The second-order valence-electron chi connectivity index (χ2n) is 6.82. The van der Waals surface area contributed by atoms with Crippen LogP contribution in [0, 0.1) is 0 Å². The van der Waals surface area contributed by atoms with Gasteiger partial charge in [-0.25, -0.2) is 0 Å². The van der Waals surface area contributed by atoms with Gasteiger partial charge in [0.05, 0.1) is 13.7 Å². The van der Waals surface area contributed by atoms with Crippen molar-refractivity contribution < 1.29 is 14.3 Å². The summed E-state index contributed by atoms with van der Waals surface area (Å²) < 4.78 is 5.10. The minimum absolute atomic E-state index is 0.0703. The van der Waals surface area contributed by atoms with Gasteiger partial charge in [-0.2, -0.15) is 0 Å². The van der Waals surface area contributed by atoms with Crippen LogP contribution in [0.4, 0.5) is 11.4 Å². The zero-order valence-corrected chi connectivity index (χ0v) is 17.0. The van der Waals surface area contributed by atoms with Gasteiger partial charge in [0.25, 0.3) is 5.91 Å². The predicted molar refractivity (Wildman–Crippen MR) is 119 cm³/mol. The van der Waals surface area contributed by atoms with Gasteiger partial charge in [0.2, 0.25) is 5.91 Å². The summed E-state index contributed by atoms with van der Waals surface area (Å²) >= 11 is 0. The van der Waals surface area contributed by atoms with E-state index >= 15 is 0 Å². The molecule has 154 valence electrons. The minimum Gasteiger partial charge on any atom is -0.497 e. The van der Waals surface area contributed by atoms with Crippen molar-refractivity contribution in [3.8, 4) is 5.75 Å². The molecule has 0 bridgehead atoms. The second-order valence-corrected chi connectivity index (χ2v) is 6.82. The number of hydrogen-bond donors (Lipinski definition) is 3. The van der Waals surface area contributed by atoms with E-state index in [4.69, 9.17) is 4.74 Å². The number of rotatable bonds is 8. The van der Waals surface area contributed by atoms with Crippen LogP contribution in [0.25, 0.3) is 0 Å². The topological polar surface area (TPSA) is 79.5 Å². The summed E-state index contributed by atoms with van der Waals surface area (Å²) in [5, 5.41) is 8.86. The summed E-state index contributed by atoms with van der Waals surface area (Å²) in [7, 11) is 1.59. The predicted octanol–water partition coefficient (Wildman–Crippen LogP) is 4.24. The van der Waals surface area contributed by atoms with E-state index in [2.05, 4.69) is 16.0 Å². The molecular formula is C24H25N3O3. The molecule has 2 amide bonds. The van der Waals surface area contributed by atoms with Gasteiger partial charge in [0, 0.05) is 23.0 Å². The van der Waals surface area contributed by atoms with Crippen LogP contribution in [0.3, 0.4) is 0 Å². The summed E-state index contributed by atoms with van der Waals surface area (Å²) in [6, 6.07) is 23.9. The normalized spacial score (nSPS) is 11.4. The molecule has 0 heterocycles. The molecule has 0 unspecified atom stereocenters. The number of amides is 2. The second kappa shape index (κ2) is 10.2. The standard InChI is InChI=1S/C24H25N3O3/c1-17(18-6-4-3-5-7-18)25-16-23(28)26-20-10-8-19(9-11-20)24(29)27-21-12-14-22(30-2)15-13-21/h3-15,17,25H,16H2,1-2H3,(H,26,28)(H,27,29)/t17-/m1/s1. The zero-order valence-electron chi connectivity index (χ0n) is 17.0. The van der Waals surface area contributed by atoms with Gasteiger partial charge >= 0.3 is 0 Å². The van der Waals surface area contributed by atoms with Crippen molar-refractivity contribution in [3.05, 3.63) is 90.0 Å². The lowest BCUT2D eigenvalue weighted by molar-refractivity contribution is -0.115. The summed E-state index contributed by atoms with van der Waals surface area (Å²) in [4.78, 5) is 24.6. The number of ether oxygens (including phenoxy) is 1. The Bertz CT molecular complexity index is 971. The van der Waals surface area contributed by atoms with Gasteiger partial charge in [-0.1, -0.05) is 30.3 Å². The first-order valence-corrected chi connectivity index (χ1v) is 9.69. The number of benzene rings is 3. The van der Waals surface area contributed by atoms with Crippen molar-refractivity contribution in [2.75, 3.05) is 24.3 Å². The number of nitrogens with one attached hydrogen (secondary N) is 3. The quantitative estimate of drug-likeness (QED) is 0.526. The number of carbonyl (C=O) groups excluding carboxylic acids is 2. The van der Waals surface area contributed by atoms with Crippen molar-refractivity contribution in [3.63, 3.8) is 0 Å². The van der Waals surface area contributed by atoms with Crippen LogP contribution < -0.4 is 20.7 Å². The summed E-state index contributed by atoms with van der Waals surface area (Å²) in [6.45, 7) is 2.20. The van der Waals surface area contributed by atoms with Crippen molar-refractivity contribution in [2.45, 2.75) is 13.0 Å². The number of carbonyl (C=O) groups is 2. The third-order valence-electron chi connectivity index (χ3n) is 4.65. The van der Waals surface area contributed by atoms with E-state index in [1.165, 1.54) is 0 Å². The molecular weight excluding hydrogens is 378 g/mol. The lowest BCUT2D eigenvalue weighted by atomic mass is 10.1. The molecule has 30 heavy (non-hydrogen) atoms. The highest BCUT2D eigenvalue weighted by molar-refractivity contribution is 6.04. The van der Waals surface area contributed by atoms with E-state index in [9.17, 15) is 9.59 Å². The highest BCUT2D eigenvalue weighted by Crippen LogP contribution is 2.17. The third kappa shape index (κ3) is 5.93. The molecule has 6 heteroatoms. The molecule has 1 atom stereocenters. The van der Waals surface area contributed by atoms with Crippen molar-refractivity contribution in [1.82, 2.24) is 5.32 Å². The average Bonchev–Trinajstić information content (AvgIpc) is 2.79. The molecule has 0 aliphatic carbocycles. The van der Waals surface area contributed by atoms with Gasteiger partial charge in [0.1, 0.15) is 5.75 Å². The third-order valence-corrected chi connectivity index (χ3v) is 4.65. The highest BCUT2D eigenvalue weighted by Gasteiger charge is 2.09. The fourth-order valence-corrected chi connectivity index (χ4v) is 2.89. The Kier molecular flexibility index (Phi) is 7.19. The van der Waals surface area contributed by atoms with Crippen LogP contribution in [0.1, 0.15) is 28.9 Å². The highest BCUT2D eigenvalue weighted by atomic mass is 16.5. The summed E-state index contributed by atoms with van der Waals surface area (Å²) in [6.07, 6.45) is 0. The lowest BCUT2D eigenvalue weighted by Gasteiger charge is -2.14. The Balaban J connectivity index is 1.49. The van der Waals surface area contributed by atoms with E-state index in [1.54, 1.807) is 55.6 Å². The molecule has 0 radical (unpaired) electrons. The molecule has 0 fully saturated rings. The van der Waals surface area contributed by atoms with Crippen LogP contribution in [0.5, 0.6) is 5.75 Å². The van der Waals surface area contributed by atoms with E-state index in [-0.39, 0.29) is 24.4 Å². The molecule has 3 N–H and O–H groups in total. The van der Waals surface area contributed by atoms with Crippen LogP contribution in [-0.4, -0.2) is 25.5 Å². The Morgan fingerprint density at radius 1 is 0.833 bits per heavy atom. The molecule has 3 aromatic carbocycles. The molecule has 0 saturated heterocycles. The molecule has 0 saturated carbocycles. The number of hydrogen-bond acceptors (Lipinski definition) is 4. The van der Waals surface area contributed by atoms with Crippen molar-refractivity contribution in [2.24, 2.45) is 0 Å². The first-order valence-electron chi connectivity index (χ1n) is 9.69. The van der Waals surface area contributed by atoms with Crippen LogP contribution >= 0.6 is 0 Å². The SMILES string of the molecule is COc1ccc(NC(=O)c2ccc(NC(=O)CN[C@H](C)c3ccccc3)cc2)cc1. The van der Waals surface area contributed by atoms with Gasteiger partial charge < -0.3 is 20.7 Å². The first kappa shape index (κ1) is 21.1. The van der Waals surface area contributed by atoms with Gasteiger partial charge in [-0.05, 0) is 61.0 Å². The van der Waals surface area contributed by atoms with Crippen molar-refractivity contribution >= 4 is 23.2 Å². The monoisotopic (exact) mass is 403 g/mol. The van der Waals surface area contributed by atoms with E-state index < -0.39 is 0 Å². The lowest BCUT2D eigenvalue weighted by Crippen LogP contribution is -2.30. The summed E-state index contributed by atoms with van der Waals surface area (Å²) in [5.41, 5.74) is 2.93. The Labute approximate surface area is 176 Å². The first-order chi connectivity index (χ1) is 14.5. The number of anilines is 2. The zero-order chi connectivity index (χ0) is 21.3. The average molecular weight is 403 g/mol. The fraction of sp³-hybridized carbons (Fsp3) is 0.167. The van der Waals surface area contributed by atoms with E-state index in [0.717, 1.165) is 11.3 Å². The van der Waals surface area contributed by atoms with Gasteiger partial charge in [-0.15, -0.1) is 0 Å². The van der Waals surface area contributed by atoms with Crippen LogP contribution in [0.15, 0.2) is 78.9 Å². The summed E-state index contributed by atoms with van der Waals surface area (Å²) in [5.74, 6) is 0.352. The van der Waals surface area contributed by atoms with Gasteiger partial charge in [-0.3, -0.25) is 9.59 Å². The molecule has 0 aromatic heterocycles. The largest absolute Gasteiger partial charge is 0.497 e. The van der Waals surface area contributed by atoms with Crippen LogP contribution in [0.2, 0.25) is 0 Å². The molecule has 3 aromatic rings. The molecule has 6 nitrogen and oxygen atoms in total. The van der Waals surface area contributed by atoms with Crippen molar-refractivity contribution in [1.29, 1.82) is 0 Å². The van der Waals surface area contributed by atoms with Crippen LogP contribution in [-0.2, 0) is 4.79 Å². The smallest absolute Gasteiger partial charge is 0.255 e. The molecule has 0 spiro atoms. The molecule has 0 aliphatic rings. The fourth-order valence-electron chi connectivity index (χ4n) is 2.89.